The van der Waals surface area contributed by atoms with Gasteiger partial charge in [-0.1, -0.05) is 60.9 Å². The number of rotatable bonds is 11. The van der Waals surface area contributed by atoms with E-state index in [-0.39, 0.29) is 35.3 Å². The average Bonchev–Trinajstić information content (AvgIpc) is 2.19. The van der Waals surface area contributed by atoms with Gasteiger partial charge in [0, 0.05) is 11.1 Å². The molecule has 0 aliphatic heterocycles. The van der Waals surface area contributed by atoms with E-state index in [1.807, 2.05) is 0 Å². The number of hydrogen-bond donors (Lipinski definition) is 0. The van der Waals surface area contributed by atoms with E-state index in [1.165, 1.54) is 32.1 Å². The van der Waals surface area contributed by atoms with Gasteiger partial charge in [0.2, 0.25) is 0 Å². The van der Waals surface area contributed by atoms with Gasteiger partial charge in [-0.05, 0) is 12.8 Å². The van der Waals surface area contributed by atoms with Gasteiger partial charge in [-0.3, -0.25) is 0 Å². The molecule has 0 saturated heterocycles. The van der Waals surface area contributed by atoms with Gasteiger partial charge in [0.25, 0.3) is 0 Å². The van der Waals surface area contributed by atoms with E-state index in [4.69, 9.17) is 0 Å². The number of unbranched alkanes of at least 4 members (excludes halogenated alkanes) is 8. The van der Waals surface area contributed by atoms with E-state index in [0.717, 1.165) is 24.6 Å². The molecule has 0 unspecified atom stereocenters. The molecule has 0 spiro atoms. The summed E-state index contributed by atoms with van der Waals surface area (Å²) < 4.78 is 30.9. The fraction of sp³-hybridized carbons (Fsp3) is 1.00. The van der Waals surface area contributed by atoms with Crippen LogP contribution >= 0.6 is 15.9 Å². The molecule has 0 heterocycles. The second kappa shape index (κ2) is 13.8. The van der Waals surface area contributed by atoms with E-state index in [9.17, 15) is 13.0 Å². The van der Waals surface area contributed by atoms with Crippen LogP contribution in [0.1, 0.15) is 57.8 Å². The van der Waals surface area contributed by atoms with Crippen LogP contribution in [-0.2, 0) is 10.1 Å². The fourth-order valence-electron chi connectivity index (χ4n) is 1.61. The molecule has 17 heavy (non-hydrogen) atoms. The Kier molecular flexibility index (Phi) is 16.8. The number of alkyl halides is 1. The molecule has 0 aliphatic rings. The average molecular weight is 337 g/mol. The monoisotopic (exact) mass is 336 g/mol. The van der Waals surface area contributed by atoms with Gasteiger partial charge in [0.05, 0.1) is 10.1 Å². The number of hydrogen-bond acceptors (Lipinski definition) is 3. The van der Waals surface area contributed by atoms with Crippen molar-refractivity contribution in [2.75, 3.05) is 11.1 Å². The van der Waals surface area contributed by atoms with Crippen molar-refractivity contribution in [3.63, 3.8) is 0 Å². The molecular weight excluding hydrogens is 315 g/mol. The Morgan fingerprint density at radius 1 is 0.765 bits per heavy atom. The van der Waals surface area contributed by atoms with Crippen LogP contribution in [0.2, 0.25) is 0 Å². The van der Waals surface area contributed by atoms with Crippen molar-refractivity contribution in [1.82, 2.24) is 0 Å². The molecule has 0 aromatic heterocycles. The molecule has 0 rings (SSSR count). The molecule has 0 radical (unpaired) electrons. The van der Waals surface area contributed by atoms with E-state index in [1.54, 1.807) is 0 Å². The molecule has 0 N–H and O–H groups in total. The summed E-state index contributed by atoms with van der Waals surface area (Å²) in [6.07, 6.45) is 9.93. The Bertz CT molecular complexity index is 245. The van der Waals surface area contributed by atoms with Crippen LogP contribution in [0.5, 0.6) is 0 Å². The van der Waals surface area contributed by atoms with Gasteiger partial charge in [-0.2, -0.15) is 0 Å². The van der Waals surface area contributed by atoms with E-state index in [0.29, 0.717) is 6.42 Å². The molecule has 0 aromatic carbocycles. The molecule has 0 amide bonds. The minimum atomic E-state index is -3.99. The summed E-state index contributed by atoms with van der Waals surface area (Å²) in [4.78, 5) is 0. The van der Waals surface area contributed by atoms with Crippen molar-refractivity contribution in [1.29, 1.82) is 0 Å². The van der Waals surface area contributed by atoms with Crippen LogP contribution in [0, 0.1) is 0 Å². The summed E-state index contributed by atoms with van der Waals surface area (Å²) in [6.45, 7) is 0. The first kappa shape index (κ1) is 20.7. The molecule has 0 aromatic rings. The van der Waals surface area contributed by atoms with Crippen molar-refractivity contribution >= 4 is 26.0 Å². The predicted octanol–water partition coefficient (Wildman–Crippen LogP) is 0.441. The Balaban J connectivity index is 0. The molecule has 6 heteroatoms. The summed E-state index contributed by atoms with van der Waals surface area (Å²) in [5.41, 5.74) is 0. The Hall–Kier alpha value is 1.39. The molecule has 0 saturated carbocycles. The first-order valence-electron chi connectivity index (χ1n) is 6.06. The SMILES string of the molecule is O=S(=O)([O-])CCCCCCCCCCCBr.[Na+]. The second-order valence-electron chi connectivity index (χ2n) is 4.13. The third-order valence-corrected chi connectivity index (χ3v) is 3.88. The van der Waals surface area contributed by atoms with E-state index >= 15 is 0 Å². The van der Waals surface area contributed by atoms with Crippen LogP contribution in [0.15, 0.2) is 0 Å². The van der Waals surface area contributed by atoms with Crippen LogP contribution in [-0.4, -0.2) is 24.1 Å². The van der Waals surface area contributed by atoms with E-state index < -0.39 is 10.1 Å². The van der Waals surface area contributed by atoms with Gasteiger partial charge in [-0.25, -0.2) is 8.42 Å². The maximum atomic E-state index is 10.3. The molecule has 0 bridgehead atoms. The zero-order valence-corrected chi connectivity index (χ0v) is 15.2. The first-order chi connectivity index (χ1) is 7.56. The summed E-state index contributed by atoms with van der Waals surface area (Å²) >= 11 is 3.40. The van der Waals surface area contributed by atoms with Gasteiger partial charge >= 0.3 is 29.6 Å². The predicted molar refractivity (Wildman–Crippen MR) is 69.9 cm³/mol. The van der Waals surface area contributed by atoms with Crippen LogP contribution < -0.4 is 29.6 Å². The Morgan fingerprint density at radius 2 is 1.12 bits per heavy atom. The third-order valence-electron chi connectivity index (χ3n) is 2.53. The molecular formula is C11H22BrNaO3S. The normalized spacial score (nSPS) is 11.2. The zero-order chi connectivity index (χ0) is 12.3. The summed E-state index contributed by atoms with van der Waals surface area (Å²) in [5.74, 6) is -0.196. The molecule has 0 atom stereocenters. The molecule has 98 valence electrons. The van der Waals surface area contributed by atoms with Crippen molar-refractivity contribution in [2.24, 2.45) is 0 Å². The van der Waals surface area contributed by atoms with Crippen LogP contribution in [0.3, 0.4) is 0 Å². The topological polar surface area (TPSA) is 57.2 Å². The maximum Gasteiger partial charge on any atom is 1.00 e. The van der Waals surface area contributed by atoms with Gasteiger partial charge in [0.1, 0.15) is 0 Å². The maximum absolute atomic E-state index is 10.3. The smallest absolute Gasteiger partial charge is 0.748 e. The van der Waals surface area contributed by atoms with Gasteiger partial charge in [0.15, 0.2) is 0 Å². The number of halogens is 1. The zero-order valence-electron chi connectivity index (χ0n) is 10.8. The van der Waals surface area contributed by atoms with Gasteiger partial charge in [-0.15, -0.1) is 0 Å². The van der Waals surface area contributed by atoms with Crippen molar-refractivity contribution in [3.8, 4) is 0 Å². The van der Waals surface area contributed by atoms with Crippen molar-refractivity contribution in [2.45, 2.75) is 57.8 Å². The summed E-state index contributed by atoms with van der Waals surface area (Å²) in [5, 5.41) is 1.09. The summed E-state index contributed by atoms with van der Waals surface area (Å²) in [6, 6.07) is 0. The molecule has 0 fully saturated rings. The Morgan fingerprint density at radius 3 is 1.47 bits per heavy atom. The van der Waals surface area contributed by atoms with Crippen LogP contribution in [0.4, 0.5) is 0 Å². The molecule has 3 nitrogen and oxygen atoms in total. The first-order valence-corrected chi connectivity index (χ1v) is 8.75. The molecule has 0 aliphatic carbocycles. The van der Waals surface area contributed by atoms with Gasteiger partial charge < -0.3 is 4.55 Å². The largest absolute Gasteiger partial charge is 1.00 e. The standard InChI is InChI=1S/C11H23BrO3S.Na/c12-10-8-6-4-2-1-3-5-7-9-11-16(13,14)15;/h1-11H2,(H,13,14,15);/q;+1/p-1. The second-order valence-corrected chi connectivity index (χ2v) is 6.45. The van der Waals surface area contributed by atoms with Crippen LogP contribution in [0.25, 0.3) is 0 Å². The third kappa shape index (κ3) is 19.9. The van der Waals surface area contributed by atoms with E-state index in [2.05, 4.69) is 15.9 Å². The summed E-state index contributed by atoms with van der Waals surface area (Å²) in [7, 11) is -3.99. The minimum absolute atomic E-state index is 0. The quantitative estimate of drug-likeness (QED) is 0.238. The van der Waals surface area contributed by atoms with Crippen molar-refractivity contribution in [3.05, 3.63) is 0 Å². The Labute approximate surface area is 136 Å². The minimum Gasteiger partial charge on any atom is -0.748 e. The van der Waals surface area contributed by atoms with Crippen molar-refractivity contribution < 1.29 is 42.5 Å². The fourth-order valence-corrected chi connectivity index (χ4v) is 2.56.